The van der Waals surface area contributed by atoms with Gasteiger partial charge in [-0.2, -0.15) is 8.42 Å². The molecule has 0 aromatic heterocycles. The summed E-state index contributed by atoms with van der Waals surface area (Å²) in [6.07, 6.45) is 0. The Balaban J connectivity index is 0.00000256. The van der Waals surface area contributed by atoms with E-state index in [4.69, 9.17) is 14.8 Å². The van der Waals surface area contributed by atoms with Crippen LogP contribution in [-0.2, 0) is 27.2 Å². The summed E-state index contributed by atoms with van der Waals surface area (Å²) in [6.45, 7) is 0. The van der Waals surface area contributed by atoms with E-state index in [0.717, 1.165) is 18.2 Å². The third-order valence-electron chi connectivity index (χ3n) is 1.75. The second kappa shape index (κ2) is 5.28. The average Bonchev–Trinajstić information content (AvgIpc) is 2.14. The van der Waals surface area contributed by atoms with Crippen LogP contribution in [0.1, 0.15) is 20.7 Å². The van der Waals surface area contributed by atoms with Gasteiger partial charge >= 0.3 is 11.9 Å². The van der Waals surface area contributed by atoms with E-state index in [0.29, 0.717) is 0 Å². The number of carboxylic acids is 2. The summed E-state index contributed by atoms with van der Waals surface area (Å²) >= 11 is 0. The van der Waals surface area contributed by atoms with Crippen LogP contribution in [0.3, 0.4) is 0 Å². The molecule has 0 heterocycles. The van der Waals surface area contributed by atoms with Gasteiger partial charge in [-0.25, -0.2) is 9.59 Å². The Morgan fingerprint density at radius 3 is 1.94 bits per heavy atom. The van der Waals surface area contributed by atoms with E-state index in [9.17, 15) is 18.0 Å². The van der Waals surface area contributed by atoms with Crippen molar-refractivity contribution in [2.75, 3.05) is 0 Å². The summed E-state index contributed by atoms with van der Waals surface area (Å²) in [7, 11) is -4.78. The molecular formula is C8H6CuO7S. The molecule has 0 amide bonds. The molecule has 0 unspecified atom stereocenters. The van der Waals surface area contributed by atoms with Gasteiger partial charge in [0.2, 0.25) is 0 Å². The molecule has 17 heavy (non-hydrogen) atoms. The first-order valence-corrected chi connectivity index (χ1v) is 5.26. The molecule has 0 aliphatic carbocycles. The Morgan fingerprint density at radius 2 is 1.59 bits per heavy atom. The van der Waals surface area contributed by atoms with Gasteiger partial charge in [0.05, 0.1) is 11.1 Å². The number of rotatable bonds is 3. The zero-order valence-corrected chi connectivity index (χ0v) is 9.67. The number of carbonyl (C=O) groups is 2. The molecule has 0 atom stereocenters. The molecule has 0 saturated carbocycles. The third-order valence-corrected chi connectivity index (χ3v) is 2.64. The summed E-state index contributed by atoms with van der Waals surface area (Å²) in [6, 6.07) is 2.77. The van der Waals surface area contributed by atoms with Crippen LogP contribution in [0.15, 0.2) is 23.1 Å². The largest absolute Gasteiger partial charge is 0.478 e. The SMILES string of the molecule is O=C(O)c1cccc(S(=O)(=O)O)c1C(=O)O.[Cu]. The monoisotopic (exact) mass is 309 g/mol. The number of hydrogen-bond donors (Lipinski definition) is 3. The maximum Gasteiger partial charge on any atom is 0.338 e. The molecule has 0 fully saturated rings. The molecule has 1 aromatic carbocycles. The van der Waals surface area contributed by atoms with Crippen molar-refractivity contribution in [2.45, 2.75) is 4.90 Å². The number of hydrogen-bond acceptors (Lipinski definition) is 4. The first-order chi connectivity index (χ1) is 7.25. The van der Waals surface area contributed by atoms with Gasteiger partial charge in [-0.3, -0.25) is 4.55 Å². The maximum atomic E-state index is 10.8. The molecule has 7 nitrogen and oxygen atoms in total. The first-order valence-electron chi connectivity index (χ1n) is 3.82. The fourth-order valence-electron chi connectivity index (χ4n) is 1.14. The Labute approximate surface area is 106 Å². The van der Waals surface area contributed by atoms with Crippen LogP contribution in [0.5, 0.6) is 0 Å². The third kappa shape index (κ3) is 3.27. The van der Waals surface area contributed by atoms with Gasteiger partial charge in [0.25, 0.3) is 10.1 Å². The molecule has 0 aliphatic rings. The van der Waals surface area contributed by atoms with Crippen LogP contribution in [0.25, 0.3) is 0 Å². The second-order valence-electron chi connectivity index (χ2n) is 2.76. The number of carboxylic acid groups (broad SMARTS) is 2. The zero-order valence-electron chi connectivity index (χ0n) is 7.92. The van der Waals surface area contributed by atoms with Crippen molar-refractivity contribution in [3.8, 4) is 0 Å². The van der Waals surface area contributed by atoms with Gasteiger partial charge in [-0.15, -0.1) is 0 Å². The molecule has 1 rings (SSSR count). The minimum absolute atomic E-state index is 0. The number of aromatic carboxylic acids is 2. The molecule has 0 saturated heterocycles. The van der Waals surface area contributed by atoms with Gasteiger partial charge in [-0.1, -0.05) is 6.07 Å². The number of benzene rings is 1. The van der Waals surface area contributed by atoms with E-state index < -0.39 is 38.1 Å². The van der Waals surface area contributed by atoms with Gasteiger partial charge in [-0.05, 0) is 12.1 Å². The molecular weight excluding hydrogens is 304 g/mol. The van der Waals surface area contributed by atoms with E-state index in [2.05, 4.69) is 0 Å². The van der Waals surface area contributed by atoms with Crippen LogP contribution < -0.4 is 0 Å². The Hall–Kier alpha value is -1.41. The van der Waals surface area contributed by atoms with Crippen molar-refractivity contribution < 1.29 is 49.8 Å². The zero-order chi connectivity index (χ0) is 12.5. The Morgan fingerprint density at radius 1 is 1.06 bits per heavy atom. The fourth-order valence-corrected chi connectivity index (χ4v) is 1.85. The van der Waals surface area contributed by atoms with Crippen LogP contribution in [0, 0.1) is 0 Å². The Kier molecular flexibility index (Phi) is 4.84. The average molecular weight is 310 g/mol. The quantitative estimate of drug-likeness (QED) is 0.542. The molecule has 97 valence electrons. The van der Waals surface area contributed by atoms with E-state index in [1.165, 1.54) is 0 Å². The molecule has 9 heteroatoms. The van der Waals surface area contributed by atoms with E-state index >= 15 is 0 Å². The second-order valence-corrected chi connectivity index (χ2v) is 4.15. The standard InChI is InChI=1S/C8H6O7S.Cu/c9-7(10)4-2-1-3-5(16(13,14)15)6(4)8(11)12;/h1-3H,(H,9,10)(H,11,12)(H,13,14,15);. The molecule has 3 N–H and O–H groups in total. The normalized spacial score (nSPS) is 10.4. The minimum atomic E-state index is -4.78. The van der Waals surface area contributed by atoms with E-state index in [-0.39, 0.29) is 17.1 Å². The Bertz CT molecular complexity index is 563. The molecule has 0 bridgehead atoms. The van der Waals surface area contributed by atoms with Gasteiger partial charge in [0.1, 0.15) is 4.90 Å². The smallest absolute Gasteiger partial charge is 0.338 e. The predicted molar refractivity (Wildman–Crippen MR) is 50.2 cm³/mol. The summed E-state index contributed by atoms with van der Waals surface area (Å²) in [5.41, 5.74) is -1.67. The summed E-state index contributed by atoms with van der Waals surface area (Å²) in [4.78, 5) is 20.5. The van der Waals surface area contributed by atoms with Gasteiger partial charge in [0, 0.05) is 17.1 Å². The van der Waals surface area contributed by atoms with Crippen molar-refractivity contribution in [1.82, 2.24) is 0 Å². The molecule has 1 aromatic rings. The van der Waals surface area contributed by atoms with Crippen LogP contribution in [0.4, 0.5) is 0 Å². The molecule has 0 spiro atoms. The minimum Gasteiger partial charge on any atom is -0.478 e. The summed E-state index contributed by atoms with van der Waals surface area (Å²) < 4.78 is 30.4. The van der Waals surface area contributed by atoms with Gasteiger partial charge < -0.3 is 10.2 Å². The summed E-state index contributed by atoms with van der Waals surface area (Å²) in [5, 5.41) is 17.4. The van der Waals surface area contributed by atoms with E-state index in [1.807, 2.05) is 0 Å². The topological polar surface area (TPSA) is 129 Å². The predicted octanol–water partition coefficient (Wildman–Crippen LogP) is 0.327. The fraction of sp³-hybridized carbons (Fsp3) is 0. The first kappa shape index (κ1) is 15.6. The van der Waals surface area contributed by atoms with Crippen LogP contribution in [0.2, 0.25) is 0 Å². The summed E-state index contributed by atoms with van der Waals surface area (Å²) in [5.74, 6) is -3.34. The van der Waals surface area contributed by atoms with Gasteiger partial charge in [0.15, 0.2) is 0 Å². The maximum absolute atomic E-state index is 10.8. The van der Waals surface area contributed by atoms with Crippen molar-refractivity contribution in [3.05, 3.63) is 29.3 Å². The van der Waals surface area contributed by atoms with E-state index in [1.54, 1.807) is 0 Å². The molecule has 0 aliphatic heterocycles. The van der Waals surface area contributed by atoms with Crippen molar-refractivity contribution in [3.63, 3.8) is 0 Å². The van der Waals surface area contributed by atoms with Crippen molar-refractivity contribution in [2.24, 2.45) is 0 Å². The van der Waals surface area contributed by atoms with Crippen molar-refractivity contribution >= 4 is 22.1 Å². The molecule has 1 radical (unpaired) electrons. The van der Waals surface area contributed by atoms with Crippen LogP contribution >= 0.6 is 0 Å². The van der Waals surface area contributed by atoms with Crippen molar-refractivity contribution in [1.29, 1.82) is 0 Å². The van der Waals surface area contributed by atoms with Crippen LogP contribution in [-0.4, -0.2) is 35.1 Å².